The predicted molar refractivity (Wildman–Crippen MR) is 224 cm³/mol. The van der Waals surface area contributed by atoms with Crippen LogP contribution < -0.4 is 26.0 Å². The third-order valence-electron chi connectivity index (χ3n) is 10.6. The lowest BCUT2D eigenvalue weighted by molar-refractivity contribution is -0.676. The first-order valence-corrected chi connectivity index (χ1v) is 20.9. The molecule has 1 saturated heterocycles. The van der Waals surface area contributed by atoms with Gasteiger partial charge in [-0.1, -0.05) is 11.6 Å². The molecule has 15 N–H and O–H groups in total. The van der Waals surface area contributed by atoms with E-state index in [1.807, 2.05) is 23.0 Å². The number of aliphatic hydroxyl groups is 10. The number of carbonyl (C=O) groups excluding carboxylic acids is 3. The number of carboxylic acid groups (broad SMARTS) is 2. The molecule has 0 radical (unpaired) electrons. The van der Waals surface area contributed by atoms with Gasteiger partial charge in [0.1, 0.15) is 49.1 Å². The molecular weight excluding hydrogens is 988 g/mol. The Labute approximate surface area is 397 Å². The van der Waals surface area contributed by atoms with Gasteiger partial charge in [-0.15, -0.1) is 0 Å². The van der Waals surface area contributed by atoms with Crippen LogP contribution in [0, 0.1) is 0 Å². The molecule has 3 heterocycles. The van der Waals surface area contributed by atoms with Gasteiger partial charge in [0.05, 0.1) is 38.5 Å². The number of aromatic nitrogens is 4. The van der Waals surface area contributed by atoms with Crippen molar-refractivity contribution in [3.05, 3.63) is 34.7 Å². The summed E-state index contributed by atoms with van der Waals surface area (Å²) in [4.78, 5) is 56.3. The maximum absolute atomic E-state index is 14.0. The Morgan fingerprint density at radius 1 is 0.871 bits per heavy atom. The van der Waals surface area contributed by atoms with Crippen LogP contribution in [0.3, 0.4) is 0 Å². The highest BCUT2D eigenvalue weighted by Crippen LogP contribution is 2.27. The van der Waals surface area contributed by atoms with Crippen molar-refractivity contribution in [2.75, 3.05) is 55.8 Å². The molecule has 25 nitrogen and oxygen atoms in total. The van der Waals surface area contributed by atoms with E-state index in [-0.39, 0.29) is 54.6 Å². The number of hydrogen-bond donors (Lipinski definition) is 13. The first kappa shape index (κ1) is 60.8. The third kappa shape index (κ3) is 15.8. The maximum atomic E-state index is 14.0. The van der Waals surface area contributed by atoms with Gasteiger partial charge in [0, 0.05) is 43.9 Å². The predicted octanol–water partition coefficient (Wildman–Crippen LogP) is -4.94. The second kappa shape index (κ2) is 26.2. The average Bonchev–Trinajstić information content (AvgIpc) is 3.92. The van der Waals surface area contributed by atoms with Crippen LogP contribution in [0.15, 0.2) is 18.2 Å². The Bertz CT molecular complexity index is 2180. The standard InChI is InChI=1S/C34H53ClN9O12.2C2HF3O2/c1-3-43-19-6-5-17(9-20(19)44(4-2)25(43)13-42(16-47)33-32(37)39-31(36)30(35)38-33)34(56)40-8-7-18(10-40)41(11-21(48)26(52)28(54)23(50)14-45)12-22(49)27(53)29(55)24(51)15-46;2*3-2(4,5)1(6)7/h5-6,9,16,18,21-24,26-29,45-46,48-55H,3-4,7-8,10-15H2,1-2H3,(H4,36,37,39);2*(H,6,7)/q+1;;/p-1/t18-,21+,22+,23-,24-,26-,27-,28-,29-;;/m1../s1. The number of hydrogen-bond acceptors (Lipinski definition) is 20. The van der Waals surface area contributed by atoms with Crippen molar-refractivity contribution >= 4 is 64.3 Å². The van der Waals surface area contributed by atoms with E-state index >= 15 is 0 Å². The molecular formula is C38H54ClF6N9O16. The highest BCUT2D eigenvalue weighted by Gasteiger charge is 2.40. The number of nitrogens with zero attached hydrogens (tertiary/aromatic N) is 7. The molecule has 0 aliphatic carbocycles. The summed E-state index contributed by atoms with van der Waals surface area (Å²) in [5.41, 5.74) is 13.5. The number of nitrogens with two attached hydrogens (primary N) is 2. The Morgan fingerprint density at radius 2 is 1.36 bits per heavy atom. The van der Waals surface area contributed by atoms with Crippen LogP contribution in [0.1, 0.15) is 36.5 Å². The van der Waals surface area contributed by atoms with Gasteiger partial charge >= 0.3 is 18.3 Å². The van der Waals surface area contributed by atoms with Gasteiger partial charge in [0.2, 0.25) is 6.41 Å². The summed E-state index contributed by atoms with van der Waals surface area (Å²) < 4.78 is 67.2. The summed E-state index contributed by atoms with van der Waals surface area (Å²) in [6, 6.07) is 4.57. The molecule has 1 fully saturated rings. The van der Waals surface area contributed by atoms with Gasteiger partial charge in [-0.2, -0.15) is 26.3 Å². The lowest BCUT2D eigenvalue weighted by Crippen LogP contribution is -2.55. The Hall–Kier alpha value is -5.32. The Kier molecular flexibility index (Phi) is 22.8. The van der Waals surface area contributed by atoms with Gasteiger partial charge in [-0.05, 0) is 32.4 Å². The van der Waals surface area contributed by atoms with Crippen LogP contribution in [0.25, 0.3) is 11.0 Å². The van der Waals surface area contributed by atoms with Gasteiger partial charge in [-0.25, -0.2) is 23.9 Å². The normalized spacial score (nSPS) is 17.5. The third-order valence-corrected chi connectivity index (χ3v) is 10.9. The summed E-state index contributed by atoms with van der Waals surface area (Å²) in [5, 5.41) is 117. The van der Waals surface area contributed by atoms with Crippen molar-refractivity contribution in [3.63, 3.8) is 0 Å². The first-order chi connectivity index (χ1) is 32.4. The summed E-state index contributed by atoms with van der Waals surface area (Å²) in [7, 11) is 0. The summed E-state index contributed by atoms with van der Waals surface area (Å²) in [6.45, 7) is 2.32. The van der Waals surface area contributed by atoms with Crippen LogP contribution >= 0.6 is 11.6 Å². The topological polar surface area (TPSA) is 410 Å². The zero-order chi connectivity index (χ0) is 53.7. The first-order valence-electron chi connectivity index (χ1n) is 20.5. The molecule has 1 aliphatic heterocycles. The van der Waals surface area contributed by atoms with Crippen LogP contribution in [0.5, 0.6) is 0 Å². The fourth-order valence-electron chi connectivity index (χ4n) is 6.96. The van der Waals surface area contributed by atoms with Crippen LogP contribution in [-0.2, 0) is 34.0 Å². The minimum Gasteiger partial charge on any atom is -0.542 e. The molecule has 1 aromatic carbocycles. The molecule has 9 atom stereocenters. The van der Waals surface area contributed by atoms with E-state index < -0.39 is 105 Å². The Morgan fingerprint density at radius 3 is 1.77 bits per heavy atom. The molecule has 3 aromatic rings. The second-order valence-electron chi connectivity index (χ2n) is 15.3. The van der Waals surface area contributed by atoms with E-state index in [2.05, 4.69) is 9.97 Å². The molecule has 0 spiro atoms. The number of likely N-dealkylation sites (tertiary alicyclic amines) is 1. The zero-order valence-corrected chi connectivity index (χ0v) is 37.7. The maximum Gasteiger partial charge on any atom is 0.490 e. The fourth-order valence-corrected chi connectivity index (χ4v) is 7.09. The van der Waals surface area contributed by atoms with E-state index in [1.54, 1.807) is 18.2 Å². The van der Waals surface area contributed by atoms with Crippen molar-refractivity contribution in [3.8, 4) is 0 Å². The fraction of sp³-hybridized carbons (Fsp3) is 0.605. The minimum absolute atomic E-state index is 0.0129. The highest BCUT2D eigenvalue weighted by atomic mass is 35.5. The quantitative estimate of drug-likeness (QED) is 0.0286. The molecule has 32 heteroatoms. The average molecular weight is 1040 g/mol. The molecule has 396 valence electrons. The zero-order valence-electron chi connectivity index (χ0n) is 37.0. The molecule has 2 amide bonds. The number of anilines is 3. The van der Waals surface area contributed by atoms with Crippen molar-refractivity contribution in [1.82, 2.24) is 24.3 Å². The van der Waals surface area contributed by atoms with Crippen LogP contribution in [-0.4, -0.2) is 211 Å². The minimum atomic E-state index is -5.19. The number of benzene rings is 1. The van der Waals surface area contributed by atoms with Crippen molar-refractivity contribution in [1.29, 1.82) is 0 Å². The molecule has 0 unspecified atom stereocenters. The molecule has 2 aromatic heterocycles. The van der Waals surface area contributed by atoms with Crippen molar-refractivity contribution < 1.29 is 111 Å². The van der Waals surface area contributed by atoms with Crippen LogP contribution in [0.4, 0.5) is 43.8 Å². The van der Waals surface area contributed by atoms with E-state index in [4.69, 9.17) is 42.9 Å². The van der Waals surface area contributed by atoms with E-state index in [0.29, 0.717) is 36.4 Å². The SMILES string of the molecule is CCn1c(CN(C=O)c2nc(Cl)c(N)nc2N)[n+](CC)c2ccc(C(=O)N3CC[C@@H](N(C[C@H](O)[C@@H](O)[C@H](O)[C@H](O)CO)C[C@H](O)[C@@H](O)[C@H](O)[C@H](O)CO)C3)cc21.O=C(O)C(F)(F)F.O=C([O-])C(F)(F)F. The molecule has 0 saturated carbocycles. The highest BCUT2D eigenvalue weighted by molar-refractivity contribution is 6.31. The van der Waals surface area contributed by atoms with E-state index in [1.165, 1.54) is 14.7 Å². The lowest BCUT2D eigenvalue weighted by Gasteiger charge is -2.36. The number of nitrogen functional groups attached to an aromatic ring is 2. The number of aliphatic carboxylic acids is 2. The van der Waals surface area contributed by atoms with Crippen LogP contribution in [0.2, 0.25) is 5.15 Å². The number of imidazole rings is 1. The summed E-state index contributed by atoms with van der Waals surface area (Å²) in [6.07, 6.45) is -24.3. The lowest BCUT2D eigenvalue weighted by atomic mass is 10.00. The monoisotopic (exact) mass is 1040 g/mol. The number of carboxylic acids is 2. The van der Waals surface area contributed by atoms with Crippen molar-refractivity contribution in [2.24, 2.45) is 0 Å². The number of aryl methyl sites for hydroxylation is 2. The number of amides is 2. The van der Waals surface area contributed by atoms with E-state index in [0.717, 1.165) is 5.52 Å². The smallest absolute Gasteiger partial charge is 0.490 e. The van der Waals surface area contributed by atoms with Gasteiger partial charge < -0.3 is 82.4 Å². The van der Waals surface area contributed by atoms with Gasteiger partial charge in [0.25, 0.3) is 11.7 Å². The number of rotatable bonds is 20. The van der Waals surface area contributed by atoms with Crippen molar-refractivity contribution in [2.45, 2.75) is 107 Å². The second-order valence-corrected chi connectivity index (χ2v) is 15.6. The number of alkyl halides is 6. The Balaban J connectivity index is 0.00000104. The molecule has 1 aliphatic rings. The number of halogens is 7. The molecule has 70 heavy (non-hydrogen) atoms. The number of aliphatic hydroxyl groups excluding tert-OH is 10. The summed E-state index contributed by atoms with van der Waals surface area (Å²) in [5.74, 6) is -5.60. The largest absolute Gasteiger partial charge is 0.542 e. The molecule has 4 rings (SSSR count). The summed E-state index contributed by atoms with van der Waals surface area (Å²) >= 11 is 6.08. The molecule has 0 bridgehead atoms. The van der Waals surface area contributed by atoms with Gasteiger partial charge in [-0.3, -0.25) is 19.4 Å². The number of fused-ring (bicyclic) bond motifs is 1. The van der Waals surface area contributed by atoms with E-state index in [9.17, 15) is 87.0 Å². The number of carbonyl (C=O) groups is 4. The van der Waals surface area contributed by atoms with Gasteiger partial charge in [0.15, 0.2) is 33.6 Å².